The number of nitrogens with zero attached hydrogens (tertiary/aromatic N) is 5. The number of carbonyl (C=O) groups excluding carboxylic acids is 1. The van der Waals surface area contributed by atoms with E-state index in [-0.39, 0.29) is 11.8 Å². The number of anilines is 1. The van der Waals surface area contributed by atoms with Gasteiger partial charge in [0.2, 0.25) is 11.7 Å². The molecular formula is C23H26N6O2. The van der Waals surface area contributed by atoms with Crippen LogP contribution in [-0.4, -0.2) is 49.9 Å². The van der Waals surface area contributed by atoms with Gasteiger partial charge in [-0.05, 0) is 44.7 Å². The van der Waals surface area contributed by atoms with Gasteiger partial charge < -0.3 is 14.6 Å². The number of nitrogens with one attached hydrogen (secondary N) is 1. The largest absolute Gasteiger partial charge is 0.436 e. The second-order valence-electron chi connectivity index (χ2n) is 8.34. The lowest BCUT2D eigenvalue weighted by Gasteiger charge is -2.32. The Balaban J connectivity index is 1.37. The number of rotatable bonds is 5. The van der Waals surface area contributed by atoms with Gasteiger partial charge in [0.25, 0.3) is 5.91 Å². The summed E-state index contributed by atoms with van der Waals surface area (Å²) in [5.41, 5.74) is 3.50. The third kappa shape index (κ3) is 4.15. The molecule has 1 amide bonds. The van der Waals surface area contributed by atoms with E-state index in [1.807, 2.05) is 36.2 Å². The molecule has 2 aliphatic rings. The molecule has 0 radical (unpaired) electrons. The van der Waals surface area contributed by atoms with Crippen LogP contribution in [0.15, 0.2) is 35.0 Å². The summed E-state index contributed by atoms with van der Waals surface area (Å²) in [5, 5.41) is 3.40. The van der Waals surface area contributed by atoms with Crippen LogP contribution in [0.4, 0.5) is 5.95 Å². The Morgan fingerprint density at radius 2 is 1.90 bits per heavy atom. The fraction of sp³-hybridized carbons (Fsp3) is 0.435. The molecule has 2 fully saturated rings. The number of hydrogen-bond acceptors (Lipinski definition) is 7. The standard InChI is InChI=1S/C23H26N6O2/c1-14-21(31-15(2)26-14)22(30)29-11-8-16(9-12-29)20-18(19-5-3-4-10-24-19)13-25-23(28-20)27-17-6-7-17/h3-5,10,13,16-17H,6-9,11-12H2,1-2H3,(H,25,27,28). The number of hydrogen-bond donors (Lipinski definition) is 1. The first kappa shape index (κ1) is 19.7. The van der Waals surface area contributed by atoms with Crippen molar-refractivity contribution < 1.29 is 9.21 Å². The summed E-state index contributed by atoms with van der Waals surface area (Å²) in [6.07, 6.45) is 7.67. The summed E-state index contributed by atoms with van der Waals surface area (Å²) < 4.78 is 5.54. The smallest absolute Gasteiger partial charge is 0.291 e. The van der Waals surface area contributed by atoms with Crippen molar-refractivity contribution in [1.29, 1.82) is 0 Å². The third-order valence-electron chi connectivity index (χ3n) is 5.94. The Labute approximate surface area is 181 Å². The van der Waals surface area contributed by atoms with Crippen LogP contribution in [0.25, 0.3) is 11.3 Å². The minimum absolute atomic E-state index is 0.0831. The molecule has 0 bridgehead atoms. The highest BCUT2D eigenvalue weighted by molar-refractivity contribution is 5.92. The van der Waals surface area contributed by atoms with Gasteiger partial charge in [-0.15, -0.1) is 0 Å². The summed E-state index contributed by atoms with van der Waals surface area (Å²) in [6.45, 7) is 4.88. The number of amides is 1. The van der Waals surface area contributed by atoms with Crippen molar-refractivity contribution in [2.45, 2.75) is 51.5 Å². The van der Waals surface area contributed by atoms with Gasteiger partial charge in [-0.3, -0.25) is 9.78 Å². The number of oxazole rings is 1. The number of carbonyl (C=O) groups is 1. The zero-order valence-corrected chi connectivity index (χ0v) is 17.8. The van der Waals surface area contributed by atoms with E-state index in [4.69, 9.17) is 9.40 Å². The Kier molecular flexibility index (Phi) is 5.13. The van der Waals surface area contributed by atoms with Gasteiger partial charge in [0.1, 0.15) is 0 Å². The topological polar surface area (TPSA) is 97.0 Å². The molecule has 3 aromatic heterocycles. The zero-order valence-electron chi connectivity index (χ0n) is 17.8. The third-order valence-corrected chi connectivity index (χ3v) is 5.94. The summed E-state index contributed by atoms with van der Waals surface area (Å²) in [7, 11) is 0. The first-order valence-electron chi connectivity index (χ1n) is 10.9. The van der Waals surface area contributed by atoms with Gasteiger partial charge in [0.15, 0.2) is 5.89 Å². The molecular weight excluding hydrogens is 392 g/mol. The van der Waals surface area contributed by atoms with Crippen molar-refractivity contribution in [3.63, 3.8) is 0 Å². The number of pyridine rings is 1. The fourth-order valence-electron chi connectivity index (χ4n) is 4.13. The number of aromatic nitrogens is 4. The van der Waals surface area contributed by atoms with Gasteiger partial charge in [0.05, 0.1) is 17.1 Å². The molecule has 3 aromatic rings. The van der Waals surface area contributed by atoms with Crippen molar-refractivity contribution in [2.24, 2.45) is 0 Å². The summed E-state index contributed by atoms with van der Waals surface area (Å²) in [5.74, 6) is 1.71. The van der Waals surface area contributed by atoms with Crippen LogP contribution in [-0.2, 0) is 0 Å². The van der Waals surface area contributed by atoms with Gasteiger partial charge in [-0.25, -0.2) is 15.0 Å². The second-order valence-corrected chi connectivity index (χ2v) is 8.34. The monoisotopic (exact) mass is 418 g/mol. The number of likely N-dealkylation sites (tertiary alicyclic amines) is 1. The summed E-state index contributed by atoms with van der Waals surface area (Å²) in [6, 6.07) is 6.36. The molecule has 0 spiro atoms. The maximum Gasteiger partial charge on any atom is 0.291 e. The Bertz CT molecular complexity index is 1080. The van der Waals surface area contributed by atoms with Crippen LogP contribution in [0.1, 0.15) is 59.4 Å². The molecule has 1 N–H and O–H groups in total. The van der Waals surface area contributed by atoms with Crippen molar-refractivity contribution in [3.8, 4) is 11.3 Å². The highest BCUT2D eigenvalue weighted by atomic mass is 16.4. The Hall–Kier alpha value is -3.29. The average Bonchev–Trinajstić information content (AvgIpc) is 3.55. The predicted molar refractivity (Wildman–Crippen MR) is 116 cm³/mol. The van der Waals surface area contributed by atoms with E-state index in [0.717, 1.165) is 29.8 Å². The highest BCUT2D eigenvalue weighted by Gasteiger charge is 2.30. The SMILES string of the molecule is Cc1nc(C)c(C(=O)N2CCC(c3nc(NC4CC4)ncc3-c3ccccn3)CC2)o1. The van der Waals surface area contributed by atoms with E-state index in [1.165, 1.54) is 12.8 Å². The molecule has 1 aliphatic heterocycles. The molecule has 1 saturated carbocycles. The van der Waals surface area contributed by atoms with Gasteiger partial charge in [-0.2, -0.15) is 0 Å². The maximum atomic E-state index is 12.9. The highest BCUT2D eigenvalue weighted by Crippen LogP contribution is 2.35. The minimum Gasteiger partial charge on any atom is -0.436 e. The molecule has 4 heterocycles. The Morgan fingerprint density at radius 3 is 2.55 bits per heavy atom. The number of aryl methyl sites for hydroxylation is 2. The van der Waals surface area contributed by atoms with Crippen LogP contribution >= 0.6 is 0 Å². The minimum atomic E-state index is -0.0831. The molecule has 0 atom stereocenters. The van der Waals surface area contributed by atoms with Crippen LogP contribution in [0.3, 0.4) is 0 Å². The lowest BCUT2D eigenvalue weighted by Crippen LogP contribution is -2.38. The van der Waals surface area contributed by atoms with Crippen LogP contribution in [0, 0.1) is 13.8 Å². The summed E-state index contributed by atoms with van der Waals surface area (Å²) in [4.78, 5) is 32.9. The van der Waals surface area contributed by atoms with Crippen molar-refractivity contribution >= 4 is 11.9 Å². The number of piperidine rings is 1. The zero-order chi connectivity index (χ0) is 21.4. The molecule has 160 valence electrons. The van der Waals surface area contributed by atoms with Crippen molar-refractivity contribution in [3.05, 3.63) is 53.6 Å². The molecule has 0 unspecified atom stereocenters. The molecule has 1 saturated heterocycles. The maximum absolute atomic E-state index is 12.9. The van der Waals surface area contributed by atoms with E-state index >= 15 is 0 Å². The van der Waals surface area contributed by atoms with Gasteiger partial charge in [-0.1, -0.05) is 6.07 Å². The average molecular weight is 419 g/mol. The predicted octanol–water partition coefficient (Wildman–Crippen LogP) is 3.74. The van der Waals surface area contributed by atoms with Crippen LogP contribution in [0.2, 0.25) is 0 Å². The normalized spacial score (nSPS) is 17.0. The van der Waals surface area contributed by atoms with E-state index in [0.29, 0.717) is 42.4 Å². The van der Waals surface area contributed by atoms with Crippen LogP contribution < -0.4 is 5.32 Å². The quantitative estimate of drug-likeness (QED) is 0.674. The molecule has 31 heavy (non-hydrogen) atoms. The lowest BCUT2D eigenvalue weighted by atomic mass is 9.90. The Morgan fingerprint density at radius 1 is 1.10 bits per heavy atom. The van der Waals surface area contributed by atoms with Gasteiger partial charge >= 0.3 is 0 Å². The van der Waals surface area contributed by atoms with E-state index in [9.17, 15) is 4.79 Å². The fourth-order valence-corrected chi connectivity index (χ4v) is 4.13. The molecule has 8 nitrogen and oxygen atoms in total. The van der Waals surface area contributed by atoms with Crippen LogP contribution in [0.5, 0.6) is 0 Å². The lowest BCUT2D eigenvalue weighted by molar-refractivity contribution is 0.0677. The van der Waals surface area contributed by atoms with E-state index in [1.54, 1.807) is 13.1 Å². The molecule has 0 aromatic carbocycles. The van der Waals surface area contributed by atoms with Crippen molar-refractivity contribution in [2.75, 3.05) is 18.4 Å². The van der Waals surface area contributed by atoms with Gasteiger partial charge in [0, 0.05) is 49.9 Å². The molecule has 5 rings (SSSR count). The molecule has 8 heteroatoms. The second kappa shape index (κ2) is 8.09. The first-order chi connectivity index (χ1) is 15.1. The summed E-state index contributed by atoms with van der Waals surface area (Å²) >= 11 is 0. The van der Waals surface area contributed by atoms with E-state index in [2.05, 4.69) is 20.3 Å². The molecule has 1 aliphatic carbocycles. The first-order valence-corrected chi connectivity index (χ1v) is 10.9. The van der Waals surface area contributed by atoms with Crippen molar-refractivity contribution in [1.82, 2.24) is 24.8 Å². The van der Waals surface area contributed by atoms with E-state index < -0.39 is 0 Å².